The minimum absolute atomic E-state index is 0.118. The number of halogens is 1. The van der Waals surface area contributed by atoms with Gasteiger partial charge in [-0.2, -0.15) is 5.26 Å². The summed E-state index contributed by atoms with van der Waals surface area (Å²) in [6.07, 6.45) is 5.20. The van der Waals surface area contributed by atoms with E-state index in [9.17, 15) is 14.9 Å². The summed E-state index contributed by atoms with van der Waals surface area (Å²) in [6, 6.07) is 16.6. The van der Waals surface area contributed by atoms with Gasteiger partial charge in [-0.3, -0.25) is 9.69 Å². The van der Waals surface area contributed by atoms with Crippen LogP contribution in [0.4, 0.5) is 16.2 Å². The van der Waals surface area contributed by atoms with Crippen molar-refractivity contribution < 1.29 is 14.3 Å². The van der Waals surface area contributed by atoms with E-state index in [1.807, 2.05) is 60.9 Å². The first-order valence-electron chi connectivity index (χ1n) is 17.7. The van der Waals surface area contributed by atoms with Crippen molar-refractivity contribution in [3.63, 3.8) is 0 Å². The molecule has 1 spiro atoms. The molecule has 0 aromatic heterocycles. The van der Waals surface area contributed by atoms with Gasteiger partial charge in [0.1, 0.15) is 11.7 Å². The number of benzene rings is 2. The lowest BCUT2D eigenvalue weighted by molar-refractivity contribution is 0.0161. The first-order valence-corrected chi connectivity index (χ1v) is 18.1. The molecule has 2 amide bonds. The van der Waals surface area contributed by atoms with Gasteiger partial charge in [0.05, 0.1) is 10.6 Å². The van der Waals surface area contributed by atoms with E-state index in [2.05, 4.69) is 39.8 Å². The molecular formula is C38H51ClN6O3. The third-order valence-corrected chi connectivity index (χ3v) is 11.2. The highest BCUT2D eigenvalue weighted by atomic mass is 35.5. The molecule has 2 aromatic carbocycles. The van der Waals surface area contributed by atoms with E-state index in [4.69, 9.17) is 16.3 Å². The van der Waals surface area contributed by atoms with Crippen LogP contribution in [0.1, 0.15) is 75.7 Å². The van der Waals surface area contributed by atoms with Gasteiger partial charge in [-0.05, 0) is 114 Å². The number of piperidine rings is 2. The van der Waals surface area contributed by atoms with Gasteiger partial charge in [-0.15, -0.1) is 0 Å². The van der Waals surface area contributed by atoms with Crippen molar-refractivity contribution in [3.05, 3.63) is 58.6 Å². The van der Waals surface area contributed by atoms with Crippen LogP contribution >= 0.6 is 11.6 Å². The minimum atomic E-state index is -0.464. The Morgan fingerprint density at radius 2 is 1.56 bits per heavy atom. The lowest BCUT2D eigenvalue weighted by Gasteiger charge is -2.40. The second kappa shape index (κ2) is 14.2. The van der Waals surface area contributed by atoms with Crippen molar-refractivity contribution in [2.75, 3.05) is 75.2 Å². The molecule has 1 atom stereocenters. The lowest BCUT2D eigenvalue weighted by atomic mass is 9.76. The third-order valence-electron chi connectivity index (χ3n) is 10.9. The zero-order chi connectivity index (χ0) is 34.1. The minimum Gasteiger partial charge on any atom is -0.444 e. The topological polar surface area (TPSA) is 83.4 Å². The molecule has 258 valence electrons. The van der Waals surface area contributed by atoms with Gasteiger partial charge in [0.2, 0.25) is 0 Å². The van der Waals surface area contributed by atoms with Gasteiger partial charge >= 0.3 is 6.09 Å². The standard InChI is InChI=1S/C38H51ClN6O3/c1-28-24-38(27-45(28)33-10-7-31(25-40)34(39)23-33)13-17-42(18-14-38)32-8-5-30(6-9-32)35(46)43-21-19-41(20-22-43)26-29-11-15-44(16-12-29)36(47)48-37(2,3)4/h5-10,23,28-29H,11-22,24,26-27H2,1-4H3. The molecule has 1 unspecified atom stereocenters. The number of hydrogen-bond donors (Lipinski definition) is 0. The van der Waals surface area contributed by atoms with E-state index >= 15 is 0 Å². The SMILES string of the molecule is CC1CC2(CCN(c3ccc(C(=O)N4CCN(CC5CCN(C(=O)OC(C)(C)C)CC5)CC4)cc3)CC2)CN1c1ccc(C#N)c(Cl)c1. The number of ether oxygens (including phenoxy) is 1. The number of rotatable bonds is 5. The number of nitriles is 1. The predicted octanol–water partition coefficient (Wildman–Crippen LogP) is 6.50. The number of carbonyl (C=O) groups is 2. The van der Waals surface area contributed by atoms with E-state index in [1.165, 1.54) is 5.69 Å². The Kier molecular flexibility index (Phi) is 10.1. The van der Waals surface area contributed by atoms with Crippen LogP contribution in [0.5, 0.6) is 0 Å². The molecule has 2 aromatic rings. The number of hydrogen-bond acceptors (Lipinski definition) is 7. The van der Waals surface area contributed by atoms with Crippen LogP contribution in [0.25, 0.3) is 0 Å². The summed E-state index contributed by atoms with van der Waals surface area (Å²) in [5, 5.41) is 9.78. The molecule has 10 heteroatoms. The van der Waals surface area contributed by atoms with Gasteiger partial charge in [-0.1, -0.05) is 11.6 Å². The second-order valence-corrected chi connectivity index (χ2v) is 15.9. The average molecular weight is 675 g/mol. The Balaban J connectivity index is 0.940. The van der Waals surface area contributed by atoms with Crippen LogP contribution in [0.3, 0.4) is 0 Å². The van der Waals surface area contributed by atoms with Gasteiger partial charge < -0.3 is 24.3 Å². The zero-order valence-corrected chi connectivity index (χ0v) is 29.8. The second-order valence-electron chi connectivity index (χ2n) is 15.5. The van der Waals surface area contributed by atoms with Gasteiger partial charge in [0.15, 0.2) is 0 Å². The molecule has 4 saturated heterocycles. The monoisotopic (exact) mass is 674 g/mol. The van der Waals surface area contributed by atoms with Crippen LogP contribution in [-0.2, 0) is 4.74 Å². The molecule has 48 heavy (non-hydrogen) atoms. The quantitative estimate of drug-likeness (QED) is 0.358. The summed E-state index contributed by atoms with van der Waals surface area (Å²) in [6.45, 7) is 16.8. The summed E-state index contributed by atoms with van der Waals surface area (Å²) >= 11 is 6.36. The third kappa shape index (κ3) is 7.87. The van der Waals surface area contributed by atoms with Crippen molar-refractivity contribution in [3.8, 4) is 6.07 Å². The van der Waals surface area contributed by atoms with Crippen molar-refractivity contribution in [2.45, 2.75) is 71.4 Å². The van der Waals surface area contributed by atoms with Gasteiger partial charge in [0, 0.05) is 88.4 Å². The average Bonchev–Trinajstić information content (AvgIpc) is 3.39. The van der Waals surface area contributed by atoms with E-state index in [1.54, 1.807) is 0 Å². The number of nitrogens with zero attached hydrogens (tertiary/aromatic N) is 6. The lowest BCUT2D eigenvalue weighted by Crippen LogP contribution is -2.51. The molecule has 4 aliphatic rings. The van der Waals surface area contributed by atoms with Gasteiger partial charge in [0.25, 0.3) is 5.91 Å². The van der Waals surface area contributed by atoms with Crippen LogP contribution in [-0.4, -0.2) is 104 Å². The fourth-order valence-corrected chi connectivity index (χ4v) is 8.38. The maximum atomic E-state index is 13.4. The van der Waals surface area contributed by atoms with Crippen LogP contribution in [0.2, 0.25) is 5.02 Å². The Labute approximate surface area is 291 Å². The molecule has 4 heterocycles. The Morgan fingerprint density at radius 3 is 2.17 bits per heavy atom. The number of piperazine rings is 1. The Hall–Kier alpha value is -3.48. The molecule has 0 radical (unpaired) electrons. The first-order chi connectivity index (χ1) is 22.9. The Morgan fingerprint density at radius 1 is 0.917 bits per heavy atom. The van der Waals surface area contributed by atoms with Crippen molar-refractivity contribution in [1.82, 2.24) is 14.7 Å². The number of amides is 2. The molecule has 6 rings (SSSR count). The van der Waals surface area contributed by atoms with Crippen LogP contribution in [0, 0.1) is 22.7 Å². The fraction of sp³-hybridized carbons (Fsp3) is 0.605. The van der Waals surface area contributed by atoms with E-state index < -0.39 is 5.60 Å². The summed E-state index contributed by atoms with van der Waals surface area (Å²) in [7, 11) is 0. The number of likely N-dealkylation sites (tertiary alicyclic amines) is 1. The highest BCUT2D eigenvalue weighted by Gasteiger charge is 2.44. The van der Waals surface area contributed by atoms with Crippen molar-refractivity contribution >= 4 is 35.0 Å². The van der Waals surface area contributed by atoms with Crippen LogP contribution < -0.4 is 9.80 Å². The predicted molar refractivity (Wildman–Crippen MR) is 191 cm³/mol. The normalized spacial score (nSPS) is 22.2. The molecular weight excluding hydrogens is 624 g/mol. The molecule has 4 aliphatic heterocycles. The van der Waals surface area contributed by atoms with Gasteiger partial charge in [-0.25, -0.2) is 4.79 Å². The fourth-order valence-electron chi connectivity index (χ4n) is 8.16. The molecule has 9 nitrogen and oxygen atoms in total. The van der Waals surface area contributed by atoms with Crippen molar-refractivity contribution in [1.29, 1.82) is 5.26 Å². The molecule has 0 saturated carbocycles. The largest absolute Gasteiger partial charge is 0.444 e. The molecule has 0 bridgehead atoms. The van der Waals surface area contributed by atoms with E-state index in [0.717, 1.165) is 109 Å². The summed E-state index contributed by atoms with van der Waals surface area (Å²) in [5.41, 5.74) is 3.39. The summed E-state index contributed by atoms with van der Waals surface area (Å²) in [4.78, 5) is 37.0. The summed E-state index contributed by atoms with van der Waals surface area (Å²) in [5.74, 6) is 0.688. The smallest absolute Gasteiger partial charge is 0.410 e. The van der Waals surface area contributed by atoms with Crippen LogP contribution in [0.15, 0.2) is 42.5 Å². The Bertz CT molecular complexity index is 1490. The maximum Gasteiger partial charge on any atom is 0.410 e. The summed E-state index contributed by atoms with van der Waals surface area (Å²) < 4.78 is 5.54. The highest BCUT2D eigenvalue weighted by Crippen LogP contribution is 2.46. The maximum absolute atomic E-state index is 13.4. The van der Waals surface area contributed by atoms with Crippen molar-refractivity contribution in [2.24, 2.45) is 11.3 Å². The zero-order valence-electron chi connectivity index (χ0n) is 29.1. The first kappa shape index (κ1) is 34.4. The number of carbonyl (C=O) groups excluding carboxylic acids is 2. The molecule has 0 N–H and O–H groups in total. The van der Waals surface area contributed by atoms with E-state index in [0.29, 0.717) is 22.5 Å². The molecule has 0 aliphatic carbocycles. The van der Waals surface area contributed by atoms with E-state index in [-0.39, 0.29) is 17.4 Å². The molecule has 4 fully saturated rings. The number of anilines is 2. The highest BCUT2D eigenvalue weighted by molar-refractivity contribution is 6.32.